The van der Waals surface area contributed by atoms with E-state index in [0.717, 1.165) is 29.1 Å². The van der Waals surface area contributed by atoms with Crippen LogP contribution in [-0.2, 0) is 8.92 Å². The number of ether oxygens (including phenoxy) is 1. The van der Waals surface area contributed by atoms with E-state index in [4.69, 9.17) is 8.92 Å². The Bertz CT molecular complexity index is 837. The number of rotatable bonds is 6. The quantitative estimate of drug-likeness (QED) is 0.300. The van der Waals surface area contributed by atoms with Gasteiger partial charge in [-0.2, -0.15) is 0 Å². The first kappa shape index (κ1) is 20.5. The fraction of sp³-hybridized carbons (Fsp3) is 0.450. The van der Waals surface area contributed by atoms with Crippen molar-refractivity contribution in [1.29, 1.82) is 0 Å². The highest BCUT2D eigenvalue weighted by molar-refractivity contribution is 14.2. The highest BCUT2D eigenvalue weighted by atomic mass is 127. The number of carbonyl (C=O) groups excluding carboxylic acids is 1. The second-order valence-corrected chi connectivity index (χ2v) is 8.14. The molecule has 5 nitrogen and oxygen atoms in total. The first-order valence-electron chi connectivity index (χ1n) is 8.95. The first-order chi connectivity index (χ1) is 13.0. The monoisotopic (exact) mass is 498 g/mol. The van der Waals surface area contributed by atoms with Crippen LogP contribution >= 0.6 is 30.4 Å². The zero-order chi connectivity index (χ0) is 19.6. The Morgan fingerprint density at radius 3 is 2.93 bits per heavy atom. The van der Waals surface area contributed by atoms with Crippen molar-refractivity contribution in [3.8, 4) is 0 Å². The lowest BCUT2D eigenvalue weighted by Gasteiger charge is -2.40. The molecule has 0 N–H and O–H groups in total. The molecule has 7 heteroatoms. The number of aryl methyl sites for hydroxylation is 1. The summed E-state index contributed by atoms with van der Waals surface area (Å²) in [6, 6.07) is 1.94. The highest BCUT2D eigenvalue weighted by Gasteiger charge is 2.58. The van der Waals surface area contributed by atoms with E-state index in [2.05, 4.69) is 57.2 Å². The number of allylic oxidation sites excluding steroid dienone is 2. The number of Topliss-reactive ketones (excluding diaryl/α,β-unsaturated/α-hetero) is 1. The van der Waals surface area contributed by atoms with Crippen LogP contribution in [0.4, 0.5) is 0 Å². The van der Waals surface area contributed by atoms with Gasteiger partial charge in [0.1, 0.15) is 0 Å². The van der Waals surface area contributed by atoms with E-state index >= 15 is 0 Å². The van der Waals surface area contributed by atoms with Crippen LogP contribution in [0.25, 0.3) is 0 Å². The van der Waals surface area contributed by atoms with Gasteiger partial charge in [-0.15, -0.1) is 0 Å². The molecular formula is C20H23IN2O3S. The molecule has 1 aliphatic heterocycles. The number of hydrogen-bond acceptors (Lipinski definition) is 6. The maximum absolute atomic E-state index is 13.5. The van der Waals surface area contributed by atoms with E-state index in [0.29, 0.717) is 12.0 Å². The Morgan fingerprint density at radius 2 is 2.26 bits per heavy atom. The second kappa shape index (κ2) is 8.45. The minimum Gasteiger partial charge on any atom is -0.501 e. The highest BCUT2D eigenvalue weighted by Crippen LogP contribution is 2.52. The summed E-state index contributed by atoms with van der Waals surface area (Å²) in [4.78, 5) is 22.4. The Labute approximate surface area is 176 Å². The third-order valence-electron chi connectivity index (χ3n) is 5.31. The van der Waals surface area contributed by atoms with Gasteiger partial charge in [0.25, 0.3) is 0 Å². The average Bonchev–Trinajstić information content (AvgIpc) is 3.03. The van der Waals surface area contributed by atoms with Gasteiger partial charge in [0.2, 0.25) is 5.78 Å². The number of pyridine rings is 1. The molecule has 3 unspecified atom stereocenters. The predicted molar refractivity (Wildman–Crippen MR) is 117 cm³/mol. The summed E-state index contributed by atoms with van der Waals surface area (Å²) in [7, 11) is 2.85. The maximum atomic E-state index is 13.5. The van der Waals surface area contributed by atoms with E-state index in [1.807, 2.05) is 13.0 Å². The van der Waals surface area contributed by atoms with E-state index in [1.165, 1.54) is 9.21 Å². The van der Waals surface area contributed by atoms with Crippen molar-refractivity contribution in [2.75, 3.05) is 7.11 Å². The molecule has 3 atom stereocenters. The van der Waals surface area contributed by atoms with E-state index in [9.17, 15) is 4.79 Å². The smallest absolute Gasteiger partial charge is 0.204 e. The van der Waals surface area contributed by atoms with E-state index in [-0.39, 0.29) is 17.6 Å². The summed E-state index contributed by atoms with van der Waals surface area (Å²) in [6.07, 6.45) is 9.11. The lowest BCUT2D eigenvalue weighted by molar-refractivity contribution is 0.0583. The number of halogens is 1. The van der Waals surface area contributed by atoms with Gasteiger partial charge in [-0.3, -0.25) is 19.0 Å². The third kappa shape index (κ3) is 3.49. The predicted octanol–water partition coefficient (Wildman–Crippen LogP) is 5.36. The average molecular weight is 498 g/mol. The summed E-state index contributed by atoms with van der Waals surface area (Å²) >= 11 is 2.06. The van der Waals surface area contributed by atoms with Gasteiger partial charge >= 0.3 is 0 Å². The number of carbonyl (C=O) groups is 1. The maximum Gasteiger partial charge on any atom is 0.204 e. The van der Waals surface area contributed by atoms with Gasteiger partial charge in [-0.25, -0.2) is 0 Å². The Hall–Kier alpha value is -1.19. The summed E-state index contributed by atoms with van der Waals surface area (Å²) in [5.41, 5.74) is 2.22. The summed E-state index contributed by atoms with van der Waals surface area (Å²) in [6.45, 7) is 6.08. The van der Waals surface area contributed by atoms with Gasteiger partial charge < -0.3 is 4.74 Å². The van der Waals surface area contributed by atoms with E-state index < -0.39 is 5.60 Å². The number of ketones is 1. The zero-order valence-electron chi connectivity index (χ0n) is 15.9. The van der Waals surface area contributed by atoms with Crippen LogP contribution in [0.1, 0.15) is 54.2 Å². The number of aromatic nitrogens is 1. The molecule has 0 aromatic carbocycles. The zero-order valence-corrected chi connectivity index (χ0v) is 18.8. The van der Waals surface area contributed by atoms with Crippen LogP contribution in [0, 0.1) is 12.8 Å². The molecule has 0 radical (unpaired) electrons. The lowest BCUT2D eigenvalue weighted by Crippen LogP contribution is -2.51. The Balaban J connectivity index is 2.07. The van der Waals surface area contributed by atoms with Crippen LogP contribution in [0.15, 0.2) is 40.9 Å². The van der Waals surface area contributed by atoms with Gasteiger partial charge in [0.05, 0.1) is 28.0 Å². The molecule has 3 rings (SSSR count). The molecule has 2 aliphatic rings. The molecule has 27 heavy (non-hydrogen) atoms. The standard InChI is InChI=1S/C20H23IN2O3S/c1-5-6-14(25-4)7-8-16-18-12(2)15-9-10-22-13(3)17(15)19(24)20(18,11-23-16)26-27-21/h6,8-12,18H,5,7H2,1-4H3/b14-6+,16-8+. The van der Waals surface area contributed by atoms with Crippen LogP contribution in [-0.4, -0.2) is 29.7 Å². The SMILES string of the molecule is CC/C=C(\C/C=C1/N=CC2(OSI)C(=O)c3c(ccnc3C)C(C)C12)OC. The molecule has 1 aliphatic carbocycles. The summed E-state index contributed by atoms with van der Waals surface area (Å²) in [5.74, 6) is 0.759. The molecule has 0 saturated carbocycles. The third-order valence-corrected chi connectivity index (χ3v) is 6.19. The number of aliphatic imine (C=N–C) groups is 1. The molecule has 0 saturated heterocycles. The van der Waals surface area contributed by atoms with Crippen molar-refractivity contribution in [2.45, 2.75) is 45.1 Å². The van der Waals surface area contributed by atoms with Crippen LogP contribution in [0.5, 0.6) is 0 Å². The van der Waals surface area contributed by atoms with Crippen molar-refractivity contribution < 1.29 is 13.7 Å². The van der Waals surface area contributed by atoms with Gasteiger partial charge in [-0.1, -0.05) is 19.9 Å². The van der Waals surface area contributed by atoms with Crippen LogP contribution in [0.3, 0.4) is 0 Å². The van der Waals surface area contributed by atoms with Crippen LogP contribution < -0.4 is 0 Å². The van der Waals surface area contributed by atoms with Gasteiger partial charge in [-0.05, 0) is 37.0 Å². The molecule has 1 aromatic rings. The largest absolute Gasteiger partial charge is 0.501 e. The molecule has 1 aromatic heterocycles. The molecule has 0 spiro atoms. The van der Waals surface area contributed by atoms with Gasteiger partial charge in [0.15, 0.2) is 5.60 Å². The minimum absolute atomic E-state index is 0.0569. The molecule has 0 fully saturated rings. The second-order valence-electron chi connectivity index (χ2n) is 6.77. The summed E-state index contributed by atoms with van der Waals surface area (Å²) < 4.78 is 11.4. The Kier molecular flexibility index (Phi) is 6.43. The van der Waals surface area contributed by atoms with Crippen molar-refractivity contribution in [2.24, 2.45) is 10.9 Å². The molecule has 2 heterocycles. The lowest BCUT2D eigenvalue weighted by atomic mass is 9.66. The van der Waals surface area contributed by atoms with E-state index in [1.54, 1.807) is 19.5 Å². The minimum atomic E-state index is -1.08. The van der Waals surface area contributed by atoms with Gasteiger partial charge in [0, 0.05) is 57.0 Å². The number of nitrogens with zero attached hydrogens (tertiary/aromatic N) is 2. The fourth-order valence-electron chi connectivity index (χ4n) is 4.04. The fourth-order valence-corrected chi connectivity index (χ4v) is 5.26. The van der Waals surface area contributed by atoms with Crippen molar-refractivity contribution in [1.82, 2.24) is 4.98 Å². The topological polar surface area (TPSA) is 60.8 Å². The molecule has 0 amide bonds. The molecule has 144 valence electrons. The van der Waals surface area contributed by atoms with Crippen molar-refractivity contribution in [3.63, 3.8) is 0 Å². The molecular weight excluding hydrogens is 475 g/mol. The normalized spacial score (nSPS) is 28.4. The summed E-state index contributed by atoms with van der Waals surface area (Å²) in [5, 5.41) is 0. The Morgan fingerprint density at radius 1 is 1.48 bits per heavy atom. The van der Waals surface area contributed by atoms with Crippen LogP contribution in [0.2, 0.25) is 0 Å². The number of fused-ring (bicyclic) bond motifs is 2. The number of hydrogen-bond donors (Lipinski definition) is 0. The van der Waals surface area contributed by atoms with Crippen molar-refractivity contribution in [3.05, 3.63) is 52.7 Å². The van der Waals surface area contributed by atoms with Crippen molar-refractivity contribution >= 4 is 42.4 Å². The first-order valence-corrected chi connectivity index (χ1v) is 12.2. The number of methoxy groups -OCH3 is 1. The molecule has 0 bridgehead atoms.